The highest BCUT2D eigenvalue weighted by Gasteiger charge is 2.13. The molecule has 0 saturated carbocycles. The lowest BCUT2D eigenvalue weighted by atomic mass is 10.2. The van der Waals surface area contributed by atoms with Crippen molar-refractivity contribution in [2.45, 2.75) is 20.1 Å². The minimum atomic E-state index is -0.665. The summed E-state index contributed by atoms with van der Waals surface area (Å²) in [6.07, 6.45) is 0. The zero-order chi connectivity index (χ0) is 19.6. The highest BCUT2D eigenvalue weighted by atomic mass is 79.9. The molecular weight excluding hydrogens is 442 g/mol. The molecule has 0 amide bonds. The Kier molecular flexibility index (Phi) is 5.92. The van der Waals surface area contributed by atoms with Crippen molar-refractivity contribution in [2.24, 2.45) is 0 Å². The molecule has 0 N–H and O–H groups in total. The lowest BCUT2D eigenvalue weighted by Gasteiger charge is -2.13. The summed E-state index contributed by atoms with van der Waals surface area (Å²) in [5.41, 5.74) is 1.94. The summed E-state index contributed by atoms with van der Waals surface area (Å²) >= 11 is 8.89. The number of carbonyl (C=O) groups excluding carboxylic acids is 1. The summed E-state index contributed by atoms with van der Waals surface area (Å²) in [5, 5.41) is 3.55. The summed E-state index contributed by atoms with van der Waals surface area (Å²) in [7, 11) is 0. The topological polar surface area (TPSA) is 44.1 Å². The molecular formula is C19H14BrClF2N2O2. The van der Waals surface area contributed by atoms with E-state index in [1.165, 1.54) is 12.1 Å². The van der Waals surface area contributed by atoms with E-state index in [2.05, 4.69) is 21.0 Å². The maximum absolute atomic E-state index is 13.8. The van der Waals surface area contributed by atoms with Crippen LogP contribution in [0.4, 0.5) is 8.78 Å². The van der Waals surface area contributed by atoms with Crippen molar-refractivity contribution in [2.75, 3.05) is 0 Å². The molecule has 4 nitrogen and oxygen atoms in total. The Morgan fingerprint density at radius 1 is 1.19 bits per heavy atom. The first kappa shape index (κ1) is 19.5. The number of benzene rings is 2. The van der Waals surface area contributed by atoms with Gasteiger partial charge in [-0.05, 0) is 54.9 Å². The van der Waals surface area contributed by atoms with Crippen molar-refractivity contribution < 1.29 is 18.3 Å². The molecule has 27 heavy (non-hydrogen) atoms. The zero-order valence-corrected chi connectivity index (χ0v) is 16.5. The minimum absolute atomic E-state index is 0.0513. The summed E-state index contributed by atoms with van der Waals surface area (Å²) in [4.78, 5) is 11.3. The second-order valence-corrected chi connectivity index (χ2v) is 7.14. The molecule has 0 aliphatic rings. The lowest BCUT2D eigenvalue weighted by Crippen LogP contribution is -2.08. The van der Waals surface area contributed by atoms with E-state index in [0.29, 0.717) is 12.3 Å². The van der Waals surface area contributed by atoms with Crippen LogP contribution >= 0.6 is 27.5 Å². The van der Waals surface area contributed by atoms with Crippen LogP contribution in [0.1, 0.15) is 27.3 Å². The normalized spacial score (nSPS) is 10.9. The molecule has 0 fully saturated rings. The third-order valence-corrected chi connectivity index (χ3v) is 4.61. The number of rotatable bonds is 6. The summed E-state index contributed by atoms with van der Waals surface area (Å²) in [6.45, 7) is 2.09. The van der Waals surface area contributed by atoms with Crippen LogP contribution in [0.2, 0.25) is 0 Å². The second-order valence-electron chi connectivity index (χ2n) is 5.88. The number of aromatic nitrogens is 2. The van der Waals surface area contributed by atoms with Gasteiger partial charge >= 0.3 is 0 Å². The Labute approximate surface area is 167 Å². The van der Waals surface area contributed by atoms with Gasteiger partial charge in [0.05, 0.1) is 6.54 Å². The average Bonchev–Trinajstić information content (AvgIpc) is 2.97. The smallest absolute Gasteiger partial charge is 0.272 e. The van der Waals surface area contributed by atoms with E-state index in [9.17, 15) is 13.6 Å². The number of hydrogen-bond acceptors (Lipinski definition) is 3. The highest BCUT2D eigenvalue weighted by Crippen LogP contribution is 2.26. The molecule has 8 heteroatoms. The fourth-order valence-corrected chi connectivity index (χ4v) is 3.04. The predicted molar refractivity (Wildman–Crippen MR) is 101 cm³/mol. The summed E-state index contributed by atoms with van der Waals surface area (Å²) < 4.78 is 35.0. The molecule has 1 aromatic heterocycles. The summed E-state index contributed by atoms with van der Waals surface area (Å²) in [5.74, 6) is -0.781. The fraction of sp³-hybridized carbons (Fsp3) is 0.158. The van der Waals surface area contributed by atoms with Crippen molar-refractivity contribution in [1.29, 1.82) is 0 Å². The van der Waals surface area contributed by atoms with Crippen LogP contribution in [-0.2, 0) is 13.2 Å². The number of ether oxygens (including phenoxy) is 1. The van der Waals surface area contributed by atoms with Crippen LogP contribution in [0.5, 0.6) is 5.75 Å². The van der Waals surface area contributed by atoms with E-state index >= 15 is 0 Å². The molecule has 0 atom stereocenters. The Bertz CT molecular complexity index is 1010. The SMILES string of the molecule is Cc1cc(C(=O)Cl)nn1Cc1cc(Br)ccc1OCc1ccc(F)cc1F. The van der Waals surface area contributed by atoms with Gasteiger partial charge < -0.3 is 4.74 Å². The Morgan fingerprint density at radius 3 is 2.63 bits per heavy atom. The van der Waals surface area contributed by atoms with E-state index in [4.69, 9.17) is 16.3 Å². The molecule has 0 radical (unpaired) electrons. The van der Waals surface area contributed by atoms with Gasteiger partial charge in [0.25, 0.3) is 5.24 Å². The largest absolute Gasteiger partial charge is 0.488 e. The van der Waals surface area contributed by atoms with Gasteiger partial charge in [-0.15, -0.1) is 0 Å². The van der Waals surface area contributed by atoms with Gasteiger partial charge in [-0.2, -0.15) is 5.10 Å². The summed E-state index contributed by atoms with van der Waals surface area (Å²) in [6, 6.07) is 10.3. The third-order valence-electron chi connectivity index (χ3n) is 3.92. The maximum atomic E-state index is 13.8. The molecule has 1 heterocycles. The zero-order valence-electron chi connectivity index (χ0n) is 14.2. The van der Waals surface area contributed by atoms with Crippen LogP contribution in [0.25, 0.3) is 0 Å². The van der Waals surface area contributed by atoms with Crippen molar-refractivity contribution in [1.82, 2.24) is 9.78 Å². The maximum Gasteiger partial charge on any atom is 0.272 e. The molecule has 3 rings (SSSR count). The monoisotopic (exact) mass is 454 g/mol. The average molecular weight is 456 g/mol. The molecule has 0 unspecified atom stereocenters. The first-order chi connectivity index (χ1) is 12.8. The molecule has 2 aromatic carbocycles. The number of nitrogens with zero attached hydrogens (tertiary/aromatic N) is 2. The second kappa shape index (κ2) is 8.19. The lowest BCUT2D eigenvalue weighted by molar-refractivity contribution is 0.107. The standard InChI is InChI=1S/C19H14BrClF2N2O2/c1-11-6-17(19(21)26)24-25(11)9-13-7-14(20)3-5-18(13)27-10-12-2-4-15(22)8-16(12)23/h2-8H,9-10H2,1H3. The molecule has 0 spiro atoms. The molecule has 0 saturated heterocycles. The number of halogens is 4. The minimum Gasteiger partial charge on any atom is -0.488 e. The first-order valence-corrected chi connectivity index (χ1v) is 9.10. The predicted octanol–water partition coefficient (Wildman–Crippen LogP) is 5.24. The van der Waals surface area contributed by atoms with Crippen LogP contribution in [0.15, 0.2) is 46.9 Å². The van der Waals surface area contributed by atoms with Gasteiger partial charge in [-0.25, -0.2) is 8.78 Å². The molecule has 0 aliphatic carbocycles. The molecule has 0 bridgehead atoms. The van der Waals surface area contributed by atoms with E-state index < -0.39 is 16.9 Å². The Morgan fingerprint density at radius 2 is 1.96 bits per heavy atom. The first-order valence-electron chi connectivity index (χ1n) is 7.93. The third kappa shape index (κ3) is 4.73. The quantitative estimate of drug-likeness (QED) is 0.478. The van der Waals surface area contributed by atoms with Crippen molar-refractivity contribution in [3.8, 4) is 5.75 Å². The van der Waals surface area contributed by atoms with E-state index in [1.54, 1.807) is 22.9 Å². The number of carbonyl (C=O) groups is 1. The van der Waals surface area contributed by atoms with E-state index in [1.807, 2.05) is 13.0 Å². The van der Waals surface area contributed by atoms with E-state index in [0.717, 1.165) is 21.8 Å². The molecule has 0 aliphatic heterocycles. The van der Waals surface area contributed by atoms with Gasteiger partial charge in [-0.3, -0.25) is 9.48 Å². The Balaban J connectivity index is 1.84. The van der Waals surface area contributed by atoms with Gasteiger partial charge in [0, 0.05) is 27.4 Å². The van der Waals surface area contributed by atoms with Crippen molar-refractivity contribution in [3.63, 3.8) is 0 Å². The van der Waals surface area contributed by atoms with Gasteiger partial charge in [-0.1, -0.05) is 15.9 Å². The van der Waals surface area contributed by atoms with E-state index in [-0.39, 0.29) is 17.9 Å². The van der Waals surface area contributed by atoms with Gasteiger partial charge in [0.1, 0.15) is 29.7 Å². The van der Waals surface area contributed by atoms with Crippen molar-refractivity contribution in [3.05, 3.63) is 81.1 Å². The molecule has 140 valence electrons. The molecule has 3 aromatic rings. The van der Waals surface area contributed by atoms with Crippen LogP contribution < -0.4 is 4.74 Å². The van der Waals surface area contributed by atoms with Crippen LogP contribution in [-0.4, -0.2) is 15.0 Å². The fourth-order valence-electron chi connectivity index (χ4n) is 2.53. The number of hydrogen-bond donors (Lipinski definition) is 0. The highest BCUT2D eigenvalue weighted by molar-refractivity contribution is 9.10. The van der Waals surface area contributed by atoms with Gasteiger partial charge in [0.15, 0.2) is 0 Å². The van der Waals surface area contributed by atoms with Gasteiger partial charge in [0.2, 0.25) is 0 Å². The van der Waals surface area contributed by atoms with Crippen LogP contribution in [0.3, 0.4) is 0 Å². The van der Waals surface area contributed by atoms with Crippen LogP contribution in [0, 0.1) is 18.6 Å². The Hall–Kier alpha value is -2.25. The number of aryl methyl sites for hydroxylation is 1. The van der Waals surface area contributed by atoms with Crippen molar-refractivity contribution >= 4 is 32.8 Å².